The lowest BCUT2D eigenvalue weighted by molar-refractivity contribution is 0.0509. The molecule has 0 amide bonds. The van der Waals surface area contributed by atoms with Gasteiger partial charge in [-0.3, -0.25) is 0 Å². The van der Waals surface area contributed by atoms with Crippen molar-refractivity contribution in [1.82, 2.24) is 0 Å². The zero-order valence-electron chi connectivity index (χ0n) is 15.7. The van der Waals surface area contributed by atoms with E-state index in [-0.39, 0.29) is 6.79 Å². The fraction of sp³-hybridized carbons (Fsp3) is 0.350. The van der Waals surface area contributed by atoms with Crippen LogP contribution in [0.1, 0.15) is 37.5 Å². The molecule has 6 heteroatoms. The predicted molar refractivity (Wildman–Crippen MR) is 104 cm³/mol. The van der Waals surface area contributed by atoms with Gasteiger partial charge in [-0.2, -0.15) is 4.40 Å². The van der Waals surface area contributed by atoms with Crippen molar-refractivity contribution in [2.24, 2.45) is 4.40 Å². The number of halogens is 1. The molecular weight excluding hydrogens is 353 g/mol. The maximum absolute atomic E-state index is 14.0. The van der Waals surface area contributed by atoms with Crippen molar-refractivity contribution in [2.45, 2.75) is 32.4 Å². The Morgan fingerprint density at radius 1 is 1.15 bits per heavy atom. The normalized spacial score (nSPS) is 13.5. The first kappa shape index (κ1) is 20.3. The van der Waals surface area contributed by atoms with Crippen LogP contribution in [0.15, 0.2) is 46.9 Å². The van der Waals surface area contributed by atoms with Crippen molar-refractivity contribution < 1.29 is 18.1 Å². The van der Waals surface area contributed by atoms with Crippen LogP contribution in [-0.2, 0) is 15.7 Å². The van der Waals surface area contributed by atoms with Gasteiger partial charge < -0.3 is 9.47 Å². The minimum Gasteiger partial charge on any atom is -0.467 e. The Morgan fingerprint density at radius 3 is 2.38 bits per heavy atom. The second kappa shape index (κ2) is 8.56. The number of rotatable bonds is 6. The van der Waals surface area contributed by atoms with Gasteiger partial charge in [-0.1, -0.05) is 29.8 Å². The summed E-state index contributed by atoms with van der Waals surface area (Å²) in [5.74, 6) is -0.00963. The number of methoxy groups -OCH3 is 1. The van der Waals surface area contributed by atoms with Gasteiger partial charge in [-0.05, 0) is 45.9 Å². The van der Waals surface area contributed by atoms with Gasteiger partial charge in [0.15, 0.2) is 6.79 Å². The Kier molecular flexibility index (Phi) is 6.67. The molecular formula is C20H24FNO3S. The van der Waals surface area contributed by atoms with Crippen LogP contribution in [0.5, 0.6) is 5.75 Å². The molecule has 0 N–H and O–H groups in total. The molecule has 4 nitrogen and oxygen atoms in total. The molecule has 0 bridgehead atoms. The molecule has 0 aromatic heterocycles. The van der Waals surface area contributed by atoms with Crippen LogP contribution in [0.4, 0.5) is 4.39 Å². The molecule has 0 aliphatic rings. The van der Waals surface area contributed by atoms with Crippen molar-refractivity contribution >= 4 is 16.7 Å². The molecule has 2 rings (SSSR count). The van der Waals surface area contributed by atoms with Gasteiger partial charge >= 0.3 is 0 Å². The van der Waals surface area contributed by atoms with E-state index in [1.165, 1.54) is 25.3 Å². The van der Waals surface area contributed by atoms with Gasteiger partial charge in [0.25, 0.3) is 0 Å². The minimum absolute atomic E-state index is 0.0160. The van der Waals surface area contributed by atoms with Crippen LogP contribution < -0.4 is 4.74 Å². The van der Waals surface area contributed by atoms with E-state index in [2.05, 4.69) is 4.40 Å². The van der Waals surface area contributed by atoms with Crippen LogP contribution in [0.25, 0.3) is 0 Å². The van der Waals surface area contributed by atoms with Crippen molar-refractivity contribution in [3.63, 3.8) is 0 Å². The summed E-state index contributed by atoms with van der Waals surface area (Å²) in [5.41, 5.74) is 2.67. The Labute approximate surface area is 156 Å². The van der Waals surface area contributed by atoms with Gasteiger partial charge in [0.05, 0.1) is 10.5 Å². The molecule has 0 saturated carbocycles. The van der Waals surface area contributed by atoms with Crippen molar-refractivity contribution in [2.75, 3.05) is 13.9 Å². The Bertz CT molecular complexity index is 811. The average molecular weight is 377 g/mol. The number of nitrogens with zero attached hydrogens (tertiary/aromatic N) is 1. The number of ether oxygens (including phenoxy) is 2. The highest BCUT2D eigenvalue weighted by atomic mass is 32.2. The fourth-order valence-corrected chi connectivity index (χ4v) is 2.77. The number of aryl methyl sites for hydroxylation is 1. The van der Waals surface area contributed by atoms with E-state index in [0.29, 0.717) is 17.0 Å². The van der Waals surface area contributed by atoms with Crippen LogP contribution in [0.3, 0.4) is 0 Å². The molecule has 0 heterocycles. The zero-order valence-corrected chi connectivity index (χ0v) is 16.5. The molecule has 2 aromatic rings. The summed E-state index contributed by atoms with van der Waals surface area (Å²) in [5, 5.41) is 0. The van der Waals surface area contributed by atoms with Crippen LogP contribution in [0.2, 0.25) is 0 Å². The lowest BCUT2D eigenvalue weighted by atomic mass is 10.0. The lowest BCUT2D eigenvalue weighted by Gasteiger charge is -2.17. The molecule has 1 atom stereocenters. The number of hydrogen-bond acceptors (Lipinski definition) is 3. The second-order valence-electron chi connectivity index (χ2n) is 6.86. The van der Waals surface area contributed by atoms with E-state index in [1.807, 2.05) is 52.0 Å². The average Bonchev–Trinajstić information content (AvgIpc) is 2.58. The molecule has 0 saturated heterocycles. The molecule has 0 spiro atoms. The fourth-order valence-electron chi connectivity index (χ4n) is 2.12. The smallest absolute Gasteiger partial charge is 0.188 e. The van der Waals surface area contributed by atoms with Gasteiger partial charge in [0, 0.05) is 18.2 Å². The van der Waals surface area contributed by atoms with E-state index in [4.69, 9.17) is 9.47 Å². The topological polar surface area (TPSA) is 47.9 Å². The summed E-state index contributed by atoms with van der Waals surface area (Å²) < 4.78 is 41.0. The number of hydrogen-bond donors (Lipinski definition) is 0. The first-order chi connectivity index (χ1) is 12.2. The largest absolute Gasteiger partial charge is 0.467 e. The third kappa shape index (κ3) is 5.22. The summed E-state index contributed by atoms with van der Waals surface area (Å²) in [4.78, 5) is 0. The monoisotopic (exact) mass is 377 g/mol. The summed E-state index contributed by atoms with van der Waals surface area (Å²) in [6.07, 6.45) is 0. The lowest BCUT2D eigenvalue weighted by Crippen LogP contribution is -2.21. The third-order valence-corrected chi connectivity index (χ3v) is 4.95. The molecule has 2 aromatic carbocycles. The Morgan fingerprint density at radius 2 is 1.81 bits per heavy atom. The maximum atomic E-state index is 14.0. The first-order valence-electron chi connectivity index (χ1n) is 8.22. The van der Waals surface area contributed by atoms with E-state index in [9.17, 15) is 8.60 Å². The molecule has 26 heavy (non-hydrogen) atoms. The third-order valence-electron chi connectivity index (χ3n) is 3.55. The standard InChI is InChI=1S/C20H24FNO3S/c1-14-6-8-15(9-7-14)19(22-26(23)20(2,3)4)17-12-16(21)10-11-18(17)25-13-24-5/h6-12H,13H2,1-5H3/b22-19-/t26-/m1/s1. The minimum atomic E-state index is -1.52. The van der Waals surface area contributed by atoms with E-state index in [1.54, 1.807) is 0 Å². The molecule has 0 fully saturated rings. The van der Waals surface area contributed by atoms with Gasteiger partial charge in [-0.25, -0.2) is 8.60 Å². The summed E-state index contributed by atoms with van der Waals surface area (Å²) in [6.45, 7) is 7.51. The quantitative estimate of drug-likeness (QED) is 0.553. The maximum Gasteiger partial charge on any atom is 0.188 e. The summed E-state index contributed by atoms with van der Waals surface area (Å²) in [7, 11) is -0.00886. The van der Waals surface area contributed by atoms with E-state index < -0.39 is 21.5 Å². The van der Waals surface area contributed by atoms with E-state index in [0.717, 1.165) is 11.1 Å². The highest BCUT2D eigenvalue weighted by molar-refractivity contribution is 7.85. The van der Waals surface area contributed by atoms with Gasteiger partial charge in [-0.15, -0.1) is 0 Å². The highest BCUT2D eigenvalue weighted by Gasteiger charge is 2.22. The molecule has 0 aliphatic carbocycles. The predicted octanol–water partition coefficient (Wildman–Crippen LogP) is 4.42. The molecule has 0 radical (unpaired) electrons. The first-order valence-corrected chi connectivity index (χ1v) is 9.32. The Balaban J connectivity index is 2.64. The van der Waals surface area contributed by atoms with Gasteiger partial charge in [0.1, 0.15) is 22.6 Å². The van der Waals surface area contributed by atoms with Crippen molar-refractivity contribution in [3.05, 3.63) is 65.0 Å². The summed E-state index contributed by atoms with van der Waals surface area (Å²) >= 11 is 0. The van der Waals surface area contributed by atoms with Crippen LogP contribution in [-0.4, -0.2) is 28.6 Å². The highest BCUT2D eigenvalue weighted by Crippen LogP contribution is 2.26. The molecule has 0 unspecified atom stereocenters. The molecule has 0 aliphatic heterocycles. The van der Waals surface area contributed by atoms with E-state index >= 15 is 0 Å². The van der Waals surface area contributed by atoms with Crippen LogP contribution in [0, 0.1) is 12.7 Å². The van der Waals surface area contributed by atoms with Crippen LogP contribution >= 0.6 is 0 Å². The summed E-state index contributed by atoms with van der Waals surface area (Å²) in [6, 6.07) is 11.8. The zero-order chi connectivity index (χ0) is 19.3. The Hall–Kier alpha value is -2.05. The van der Waals surface area contributed by atoms with Crippen molar-refractivity contribution in [1.29, 1.82) is 0 Å². The number of benzene rings is 2. The second-order valence-corrected chi connectivity index (χ2v) is 8.76. The van der Waals surface area contributed by atoms with Crippen molar-refractivity contribution in [3.8, 4) is 5.75 Å². The van der Waals surface area contributed by atoms with Gasteiger partial charge in [0.2, 0.25) is 0 Å². The SMILES string of the molecule is COCOc1ccc(F)cc1/C(=N\[S@](=O)C(C)(C)C)c1ccc(C)cc1. The molecule has 140 valence electrons.